The number of rotatable bonds is 4. The van der Waals surface area contributed by atoms with Crippen LogP contribution >= 0.6 is 0 Å². The van der Waals surface area contributed by atoms with E-state index in [1.54, 1.807) is 0 Å². The topological polar surface area (TPSA) is 61.7 Å². The molecule has 0 spiro atoms. The molecule has 2 aromatic heterocycles. The molecule has 0 aliphatic carbocycles. The number of hydrogen-bond acceptors (Lipinski definition) is 3. The molecule has 0 aliphatic heterocycles. The first-order valence-corrected chi connectivity index (χ1v) is 7.18. The maximum atomic E-state index is 6.33. The summed E-state index contributed by atoms with van der Waals surface area (Å²) >= 11 is 0. The summed E-state index contributed by atoms with van der Waals surface area (Å²) in [5.41, 5.74) is 9.15. The van der Waals surface area contributed by atoms with Gasteiger partial charge in [0.15, 0.2) is 0 Å². The van der Waals surface area contributed by atoms with Crippen molar-refractivity contribution in [3.63, 3.8) is 0 Å². The number of nitrogens with two attached hydrogens (primary N) is 1. The second-order valence-corrected chi connectivity index (χ2v) is 4.84. The summed E-state index contributed by atoms with van der Waals surface area (Å²) in [7, 11) is 0. The van der Waals surface area contributed by atoms with Crippen LogP contribution in [-0.2, 0) is 13.1 Å². The predicted octanol–water partition coefficient (Wildman–Crippen LogP) is 3.04. The number of hydrogen-bond donors (Lipinski definition) is 1. The highest BCUT2D eigenvalue weighted by Gasteiger charge is 2.18. The number of nitrogens with zero attached hydrogens (tertiary/aromatic N) is 4. The van der Waals surface area contributed by atoms with Crippen LogP contribution in [0.5, 0.6) is 0 Å². The van der Waals surface area contributed by atoms with Crippen LogP contribution in [0.15, 0.2) is 42.9 Å². The minimum Gasteiger partial charge on any atom is -0.383 e. The predicted molar refractivity (Wildman–Crippen MR) is 84.6 cm³/mol. The molecule has 108 valence electrons. The zero-order valence-electron chi connectivity index (χ0n) is 12.3. The lowest BCUT2D eigenvalue weighted by Gasteiger charge is -2.06. The molecule has 3 rings (SSSR count). The van der Waals surface area contributed by atoms with Gasteiger partial charge in [-0.3, -0.25) is 0 Å². The van der Waals surface area contributed by atoms with E-state index in [1.165, 1.54) is 0 Å². The fourth-order valence-electron chi connectivity index (χ4n) is 2.55. The summed E-state index contributed by atoms with van der Waals surface area (Å²) in [6.45, 7) is 5.78. The molecule has 0 unspecified atom stereocenters. The van der Waals surface area contributed by atoms with Crippen LogP contribution in [0.25, 0.3) is 22.8 Å². The molecular weight excluding hydrogens is 262 g/mol. The van der Waals surface area contributed by atoms with E-state index in [9.17, 15) is 0 Å². The smallest absolute Gasteiger partial charge is 0.142 e. The highest BCUT2D eigenvalue weighted by atomic mass is 15.2. The molecule has 0 radical (unpaired) electrons. The summed E-state index contributed by atoms with van der Waals surface area (Å²) < 4.78 is 4.09. The molecule has 0 saturated heterocycles. The first-order valence-electron chi connectivity index (χ1n) is 7.18. The quantitative estimate of drug-likeness (QED) is 0.799. The zero-order valence-corrected chi connectivity index (χ0v) is 12.3. The van der Waals surface area contributed by atoms with Crippen molar-refractivity contribution >= 4 is 5.82 Å². The van der Waals surface area contributed by atoms with E-state index in [0.29, 0.717) is 5.82 Å². The molecule has 2 N–H and O–H groups in total. The van der Waals surface area contributed by atoms with Crippen molar-refractivity contribution in [1.29, 1.82) is 0 Å². The van der Waals surface area contributed by atoms with Crippen molar-refractivity contribution in [3.05, 3.63) is 42.9 Å². The third-order valence-corrected chi connectivity index (χ3v) is 3.65. The maximum Gasteiger partial charge on any atom is 0.142 e. The number of aromatic nitrogens is 4. The Hall–Kier alpha value is -2.56. The van der Waals surface area contributed by atoms with Gasteiger partial charge in [-0.2, -0.15) is 0 Å². The molecule has 0 amide bonds. The molecule has 0 bridgehead atoms. The highest BCUT2D eigenvalue weighted by Crippen LogP contribution is 2.30. The number of anilines is 1. The second kappa shape index (κ2) is 5.44. The van der Waals surface area contributed by atoms with Gasteiger partial charge in [-0.25, -0.2) is 9.97 Å². The molecule has 2 heterocycles. The van der Waals surface area contributed by atoms with E-state index >= 15 is 0 Å². The van der Waals surface area contributed by atoms with Crippen LogP contribution < -0.4 is 5.73 Å². The van der Waals surface area contributed by atoms with Gasteiger partial charge in [0, 0.05) is 18.7 Å². The van der Waals surface area contributed by atoms with Gasteiger partial charge in [-0.1, -0.05) is 30.3 Å². The molecule has 0 atom stereocenters. The summed E-state index contributed by atoms with van der Waals surface area (Å²) in [5.74, 6) is 1.58. The van der Waals surface area contributed by atoms with Gasteiger partial charge >= 0.3 is 0 Å². The minimum absolute atomic E-state index is 0.687. The van der Waals surface area contributed by atoms with Crippen molar-refractivity contribution in [2.24, 2.45) is 0 Å². The van der Waals surface area contributed by atoms with E-state index in [1.807, 2.05) is 39.9 Å². The molecule has 5 nitrogen and oxygen atoms in total. The monoisotopic (exact) mass is 281 g/mol. The van der Waals surface area contributed by atoms with Crippen LogP contribution in [0.4, 0.5) is 5.82 Å². The lowest BCUT2D eigenvalue weighted by molar-refractivity contribution is 0.766. The third-order valence-electron chi connectivity index (χ3n) is 3.65. The van der Waals surface area contributed by atoms with Gasteiger partial charge < -0.3 is 14.9 Å². The van der Waals surface area contributed by atoms with Crippen molar-refractivity contribution in [2.75, 3.05) is 5.73 Å². The van der Waals surface area contributed by atoms with E-state index in [-0.39, 0.29) is 0 Å². The Bertz CT molecular complexity index is 739. The Labute approximate surface area is 124 Å². The summed E-state index contributed by atoms with van der Waals surface area (Å²) in [6, 6.07) is 10.1. The van der Waals surface area contributed by atoms with Crippen LogP contribution in [0.2, 0.25) is 0 Å². The molecule has 5 heteroatoms. The average Bonchev–Trinajstić information content (AvgIpc) is 3.11. The van der Waals surface area contributed by atoms with Crippen LogP contribution in [0, 0.1) is 0 Å². The number of nitrogen functional groups attached to an aromatic ring is 1. The van der Waals surface area contributed by atoms with E-state index in [2.05, 4.69) is 31.0 Å². The highest BCUT2D eigenvalue weighted by molar-refractivity contribution is 5.73. The lowest BCUT2D eigenvalue weighted by atomic mass is 10.2. The Morgan fingerprint density at radius 1 is 1.10 bits per heavy atom. The summed E-state index contributed by atoms with van der Waals surface area (Å²) in [5, 5.41) is 0. The maximum absolute atomic E-state index is 6.33. The first-order chi connectivity index (χ1) is 10.3. The van der Waals surface area contributed by atoms with Crippen LogP contribution in [-0.4, -0.2) is 19.1 Å². The SMILES string of the molecule is CCn1cncc1-c1nc(-c2ccccc2)n(CC)c1N. The average molecular weight is 281 g/mol. The first kappa shape index (κ1) is 13.4. The van der Waals surface area contributed by atoms with Crippen molar-refractivity contribution < 1.29 is 0 Å². The Morgan fingerprint density at radius 3 is 2.52 bits per heavy atom. The third kappa shape index (κ3) is 2.20. The lowest BCUT2D eigenvalue weighted by Crippen LogP contribution is -2.03. The van der Waals surface area contributed by atoms with Gasteiger partial charge in [-0.05, 0) is 13.8 Å². The molecule has 0 aliphatic rings. The molecule has 0 saturated carbocycles. The number of benzene rings is 1. The second-order valence-electron chi connectivity index (χ2n) is 4.84. The van der Waals surface area contributed by atoms with Crippen molar-refractivity contribution in [1.82, 2.24) is 19.1 Å². The van der Waals surface area contributed by atoms with Gasteiger partial charge in [0.1, 0.15) is 17.3 Å². The van der Waals surface area contributed by atoms with Crippen molar-refractivity contribution in [3.8, 4) is 22.8 Å². The Balaban J connectivity index is 2.19. The van der Waals surface area contributed by atoms with Gasteiger partial charge in [0.05, 0.1) is 18.2 Å². The van der Waals surface area contributed by atoms with Gasteiger partial charge in [0.25, 0.3) is 0 Å². The summed E-state index contributed by atoms with van der Waals surface area (Å²) in [6.07, 6.45) is 3.62. The zero-order chi connectivity index (χ0) is 14.8. The number of imidazole rings is 2. The molecule has 3 aromatic rings. The molecule has 21 heavy (non-hydrogen) atoms. The van der Waals surface area contributed by atoms with Gasteiger partial charge in [-0.15, -0.1) is 0 Å². The molecular formula is C16H19N5. The van der Waals surface area contributed by atoms with Crippen LogP contribution in [0.1, 0.15) is 13.8 Å². The summed E-state index contributed by atoms with van der Waals surface area (Å²) in [4.78, 5) is 8.99. The normalized spacial score (nSPS) is 11.0. The standard InChI is InChI=1S/C16H19N5/c1-3-20-11-18-10-13(20)14-15(17)21(4-2)16(19-14)12-8-6-5-7-9-12/h5-11H,3-4,17H2,1-2H3. The van der Waals surface area contributed by atoms with E-state index < -0.39 is 0 Å². The Kier molecular flexibility index (Phi) is 3.48. The number of aryl methyl sites for hydroxylation is 1. The van der Waals surface area contributed by atoms with E-state index in [0.717, 1.165) is 35.9 Å². The Morgan fingerprint density at radius 2 is 1.86 bits per heavy atom. The minimum atomic E-state index is 0.687. The molecule has 0 fully saturated rings. The molecule has 1 aromatic carbocycles. The van der Waals surface area contributed by atoms with Crippen LogP contribution in [0.3, 0.4) is 0 Å². The van der Waals surface area contributed by atoms with Gasteiger partial charge in [0.2, 0.25) is 0 Å². The largest absolute Gasteiger partial charge is 0.383 e. The van der Waals surface area contributed by atoms with Crippen molar-refractivity contribution in [2.45, 2.75) is 26.9 Å². The fraction of sp³-hybridized carbons (Fsp3) is 0.250. The fourth-order valence-corrected chi connectivity index (χ4v) is 2.55. The van der Waals surface area contributed by atoms with E-state index in [4.69, 9.17) is 10.7 Å².